The maximum Gasteiger partial charge on any atom is 0.254 e. The van der Waals surface area contributed by atoms with Gasteiger partial charge in [0.15, 0.2) is 0 Å². The molecule has 1 unspecified atom stereocenters. The zero-order chi connectivity index (χ0) is 16.9. The molecular formula is C19H29N3O2. The molecule has 132 valence electrons. The number of hydrogen-bond acceptors (Lipinski definition) is 4. The smallest absolute Gasteiger partial charge is 0.254 e. The Labute approximate surface area is 145 Å². The van der Waals surface area contributed by atoms with Crippen molar-refractivity contribution in [2.24, 2.45) is 0 Å². The largest absolute Gasteiger partial charge is 0.376 e. The average molecular weight is 331 g/mol. The molecule has 1 saturated heterocycles. The van der Waals surface area contributed by atoms with E-state index >= 15 is 0 Å². The van der Waals surface area contributed by atoms with E-state index in [0.29, 0.717) is 6.54 Å². The van der Waals surface area contributed by atoms with Crippen LogP contribution in [0.2, 0.25) is 0 Å². The summed E-state index contributed by atoms with van der Waals surface area (Å²) < 4.78 is 5.77. The normalized spacial score (nSPS) is 20.2. The molecule has 0 saturated carbocycles. The number of carbonyl (C=O) groups is 1. The van der Waals surface area contributed by atoms with Crippen molar-refractivity contribution < 1.29 is 9.53 Å². The number of carbonyl (C=O) groups excluding carboxylic acids is 1. The SMILES string of the molecule is CN(C)CCN(CC1CCCO1)C(=O)c1cccc2c1CCNC2. The molecule has 5 nitrogen and oxygen atoms in total. The summed E-state index contributed by atoms with van der Waals surface area (Å²) in [5, 5.41) is 3.38. The number of amides is 1. The van der Waals surface area contributed by atoms with Crippen molar-refractivity contribution in [3.05, 3.63) is 34.9 Å². The highest BCUT2D eigenvalue weighted by atomic mass is 16.5. The Hall–Kier alpha value is -1.43. The highest BCUT2D eigenvalue weighted by Gasteiger charge is 2.26. The molecule has 0 bridgehead atoms. The number of nitrogens with zero attached hydrogens (tertiary/aromatic N) is 2. The second kappa shape index (κ2) is 8.10. The van der Waals surface area contributed by atoms with Crippen LogP contribution in [0.4, 0.5) is 0 Å². The Morgan fingerprint density at radius 1 is 1.33 bits per heavy atom. The fourth-order valence-corrected chi connectivity index (χ4v) is 3.53. The van der Waals surface area contributed by atoms with E-state index in [2.05, 4.69) is 16.3 Å². The van der Waals surface area contributed by atoms with Crippen LogP contribution in [0.5, 0.6) is 0 Å². The molecule has 0 aromatic heterocycles. The molecule has 1 N–H and O–H groups in total. The molecular weight excluding hydrogens is 302 g/mol. The fraction of sp³-hybridized carbons (Fsp3) is 0.632. The summed E-state index contributed by atoms with van der Waals surface area (Å²) in [6.07, 6.45) is 3.28. The van der Waals surface area contributed by atoms with E-state index in [-0.39, 0.29) is 12.0 Å². The zero-order valence-electron chi connectivity index (χ0n) is 14.9. The minimum absolute atomic E-state index is 0.158. The van der Waals surface area contributed by atoms with Gasteiger partial charge >= 0.3 is 0 Å². The maximum absolute atomic E-state index is 13.2. The van der Waals surface area contributed by atoms with E-state index in [4.69, 9.17) is 4.74 Å². The van der Waals surface area contributed by atoms with Crippen LogP contribution >= 0.6 is 0 Å². The second-order valence-corrected chi connectivity index (χ2v) is 7.06. The molecule has 24 heavy (non-hydrogen) atoms. The van der Waals surface area contributed by atoms with Crippen molar-refractivity contribution in [2.45, 2.75) is 31.9 Å². The van der Waals surface area contributed by atoms with E-state index in [1.807, 2.05) is 31.1 Å². The van der Waals surface area contributed by atoms with E-state index in [1.165, 1.54) is 11.1 Å². The summed E-state index contributed by atoms with van der Waals surface area (Å²) in [5.41, 5.74) is 3.37. The van der Waals surface area contributed by atoms with Crippen LogP contribution in [0.25, 0.3) is 0 Å². The molecule has 3 rings (SSSR count). The van der Waals surface area contributed by atoms with Crippen LogP contribution in [0.15, 0.2) is 18.2 Å². The summed E-state index contributed by atoms with van der Waals surface area (Å²) >= 11 is 0. The first-order valence-corrected chi connectivity index (χ1v) is 9.02. The number of ether oxygens (including phenoxy) is 1. The third-order valence-electron chi connectivity index (χ3n) is 4.92. The Balaban J connectivity index is 1.79. The lowest BCUT2D eigenvalue weighted by atomic mass is 9.94. The van der Waals surface area contributed by atoms with Gasteiger partial charge in [-0.25, -0.2) is 0 Å². The number of likely N-dealkylation sites (N-methyl/N-ethyl adjacent to an activating group) is 1. The Kier molecular flexibility index (Phi) is 5.87. The van der Waals surface area contributed by atoms with Gasteiger partial charge in [0, 0.05) is 38.3 Å². The van der Waals surface area contributed by atoms with E-state index in [0.717, 1.165) is 57.6 Å². The van der Waals surface area contributed by atoms with E-state index in [9.17, 15) is 4.79 Å². The lowest BCUT2D eigenvalue weighted by molar-refractivity contribution is 0.0511. The van der Waals surface area contributed by atoms with Crippen LogP contribution in [0.3, 0.4) is 0 Å². The lowest BCUT2D eigenvalue weighted by Crippen LogP contribution is -2.42. The molecule has 0 aliphatic carbocycles. The third-order valence-corrected chi connectivity index (χ3v) is 4.92. The van der Waals surface area contributed by atoms with Gasteiger partial charge in [0.05, 0.1) is 6.10 Å². The summed E-state index contributed by atoms with van der Waals surface area (Å²) in [6.45, 7) is 4.95. The van der Waals surface area contributed by atoms with Crippen LogP contribution in [-0.4, -0.2) is 68.7 Å². The first-order chi connectivity index (χ1) is 11.6. The molecule has 2 heterocycles. The van der Waals surface area contributed by atoms with Crippen molar-refractivity contribution in [3.63, 3.8) is 0 Å². The fourth-order valence-electron chi connectivity index (χ4n) is 3.53. The zero-order valence-corrected chi connectivity index (χ0v) is 14.9. The molecule has 2 aliphatic rings. The molecule has 5 heteroatoms. The Morgan fingerprint density at radius 2 is 2.21 bits per heavy atom. The van der Waals surface area contributed by atoms with Crippen molar-refractivity contribution in [2.75, 3.05) is 46.9 Å². The quantitative estimate of drug-likeness (QED) is 0.858. The second-order valence-electron chi connectivity index (χ2n) is 7.06. The van der Waals surface area contributed by atoms with Gasteiger partial charge < -0.3 is 19.9 Å². The Bertz CT molecular complexity index is 568. The van der Waals surface area contributed by atoms with Crippen molar-refractivity contribution >= 4 is 5.91 Å². The molecule has 1 amide bonds. The highest BCUT2D eigenvalue weighted by Crippen LogP contribution is 2.21. The summed E-state index contributed by atoms with van der Waals surface area (Å²) in [4.78, 5) is 17.4. The van der Waals surface area contributed by atoms with Gasteiger partial charge in [-0.15, -0.1) is 0 Å². The lowest BCUT2D eigenvalue weighted by Gasteiger charge is -2.29. The monoisotopic (exact) mass is 331 g/mol. The van der Waals surface area contributed by atoms with E-state index < -0.39 is 0 Å². The van der Waals surface area contributed by atoms with Crippen LogP contribution < -0.4 is 5.32 Å². The molecule has 1 aromatic rings. The number of benzene rings is 1. The predicted molar refractivity (Wildman–Crippen MR) is 95.3 cm³/mol. The van der Waals surface area contributed by atoms with Crippen LogP contribution in [0.1, 0.15) is 34.3 Å². The standard InChI is InChI=1S/C19H29N3O2/c1-21(2)10-11-22(14-16-6-4-12-24-16)19(23)18-7-3-5-15-13-20-9-8-17(15)18/h3,5,7,16,20H,4,6,8-14H2,1-2H3. The predicted octanol–water partition coefficient (Wildman–Crippen LogP) is 1.52. The maximum atomic E-state index is 13.2. The van der Waals surface area contributed by atoms with Gasteiger partial charge in [-0.2, -0.15) is 0 Å². The summed E-state index contributed by atoms with van der Waals surface area (Å²) in [6, 6.07) is 6.13. The topological polar surface area (TPSA) is 44.8 Å². The van der Waals surface area contributed by atoms with Crippen molar-refractivity contribution in [1.29, 1.82) is 0 Å². The minimum Gasteiger partial charge on any atom is -0.376 e. The Morgan fingerprint density at radius 3 is 2.96 bits per heavy atom. The van der Waals surface area contributed by atoms with Gasteiger partial charge in [-0.1, -0.05) is 12.1 Å². The van der Waals surface area contributed by atoms with Crippen molar-refractivity contribution in [3.8, 4) is 0 Å². The molecule has 1 atom stereocenters. The third kappa shape index (κ3) is 4.15. The van der Waals surface area contributed by atoms with E-state index in [1.54, 1.807) is 0 Å². The molecule has 0 spiro atoms. The van der Waals surface area contributed by atoms with Gasteiger partial charge in [0.25, 0.3) is 5.91 Å². The summed E-state index contributed by atoms with van der Waals surface area (Å²) in [7, 11) is 4.09. The number of fused-ring (bicyclic) bond motifs is 1. The number of hydrogen-bond donors (Lipinski definition) is 1. The average Bonchev–Trinajstić information content (AvgIpc) is 3.10. The summed E-state index contributed by atoms with van der Waals surface area (Å²) in [5.74, 6) is 0.158. The number of nitrogens with one attached hydrogen (secondary N) is 1. The van der Waals surface area contributed by atoms with Gasteiger partial charge in [0.2, 0.25) is 0 Å². The van der Waals surface area contributed by atoms with Gasteiger partial charge in [-0.3, -0.25) is 4.79 Å². The molecule has 0 radical (unpaired) electrons. The molecule has 2 aliphatic heterocycles. The van der Waals surface area contributed by atoms with Crippen LogP contribution in [0, 0.1) is 0 Å². The van der Waals surface area contributed by atoms with Crippen LogP contribution in [-0.2, 0) is 17.7 Å². The molecule has 1 aromatic carbocycles. The number of rotatable bonds is 6. The molecule has 1 fully saturated rings. The minimum atomic E-state index is 0.158. The van der Waals surface area contributed by atoms with Crippen molar-refractivity contribution in [1.82, 2.24) is 15.1 Å². The highest BCUT2D eigenvalue weighted by molar-refractivity contribution is 5.96. The van der Waals surface area contributed by atoms with Gasteiger partial charge in [-0.05, 0) is 57.1 Å². The first kappa shape index (κ1) is 17.4. The van der Waals surface area contributed by atoms with Gasteiger partial charge in [0.1, 0.15) is 0 Å². The first-order valence-electron chi connectivity index (χ1n) is 9.02.